The van der Waals surface area contributed by atoms with Gasteiger partial charge in [0.05, 0.1) is 6.21 Å². The van der Waals surface area contributed by atoms with E-state index in [0.29, 0.717) is 0 Å². The second-order valence-corrected chi connectivity index (χ2v) is 7.88. The lowest BCUT2D eigenvalue weighted by Crippen LogP contribution is -2.00. The van der Waals surface area contributed by atoms with Gasteiger partial charge in [0, 0.05) is 27.2 Å². The number of halogens is 2. The zero-order valence-corrected chi connectivity index (χ0v) is 17.4. The van der Waals surface area contributed by atoms with E-state index in [2.05, 4.69) is 38.2 Å². The third kappa shape index (κ3) is 4.96. The summed E-state index contributed by atoms with van der Waals surface area (Å²) in [6.45, 7) is 2.12. The van der Waals surface area contributed by atoms with Crippen LogP contribution in [-0.2, 0) is 12.2 Å². The Balaban J connectivity index is 1.81. The predicted octanol–water partition coefficient (Wildman–Crippen LogP) is 5.82. The van der Waals surface area contributed by atoms with E-state index in [1.165, 1.54) is 5.56 Å². The van der Waals surface area contributed by atoms with Crippen LogP contribution in [0, 0.1) is 0 Å². The predicted molar refractivity (Wildman–Crippen MR) is 112 cm³/mol. The molecular formula is C19H18BrClN4S. The highest BCUT2D eigenvalue weighted by molar-refractivity contribution is 9.10. The Bertz CT molecular complexity index is 893. The number of rotatable bonds is 7. The molecular weight excluding hydrogens is 432 g/mol. The third-order valence-electron chi connectivity index (χ3n) is 3.65. The Kier molecular flexibility index (Phi) is 6.88. The lowest BCUT2D eigenvalue weighted by Gasteiger charge is -2.05. The molecule has 0 radical (unpaired) electrons. The summed E-state index contributed by atoms with van der Waals surface area (Å²) in [5.74, 6) is 1.65. The number of benzene rings is 2. The van der Waals surface area contributed by atoms with Crippen molar-refractivity contribution in [2.45, 2.75) is 30.7 Å². The van der Waals surface area contributed by atoms with Crippen LogP contribution in [0.1, 0.15) is 30.3 Å². The normalized spacial score (nSPS) is 11.3. The maximum absolute atomic E-state index is 5.95. The Labute approximate surface area is 170 Å². The summed E-state index contributed by atoms with van der Waals surface area (Å²) in [4.78, 5) is 0. The van der Waals surface area contributed by atoms with Gasteiger partial charge >= 0.3 is 0 Å². The molecule has 1 aromatic heterocycles. The van der Waals surface area contributed by atoms with Gasteiger partial charge < -0.3 is 0 Å². The number of nitrogens with zero attached hydrogens (tertiary/aromatic N) is 4. The summed E-state index contributed by atoms with van der Waals surface area (Å²) >= 11 is 11.1. The molecule has 1 heterocycles. The molecule has 2 aromatic carbocycles. The van der Waals surface area contributed by atoms with E-state index in [0.717, 1.165) is 44.6 Å². The first-order valence-electron chi connectivity index (χ1n) is 8.27. The minimum atomic E-state index is 0.741. The van der Waals surface area contributed by atoms with Gasteiger partial charge in [0.2, 0.25) is 5.16 Å². The minimum Gasteiger partial charge on any atom is -0.191 e. The summed E-state index contributed by atoms with van der Waals surface area (Å²) in [6.07, 6.45) is 3.66. The van der Waals surface area contributed by atoms with E-state index >= 15 is 0 Å². The van der Waals surface area contributed by atoms with E-state index < -0.39 is 0 Å². The van der Waals surface area contributed by atoms with Gasteiger partial charge in [-0.05, 0) is 30.2 Å². The van der Waals surface area contributed by atoms with Crippen molar-refractivity contribution in [2.24, 2.45) is 5.10 Å². The fourth-order valence-corrected chi connectivity index (χ4v) is 3.68. The number of aromatic nitrogens is 3. The SMILES string of the molecule is CCCc1nnc(SCc2ccc(Cl)cc2)n1/N=C/c1ccccc1Br. The molecule has 3 aromatic rings. The lowest BCUT2D eigenvalue weighted by molar-refractivity contribution is 0.700. The fraction of sp³-hybridized carbons (Fsp3) is 0.211. The zero-order valence-electron chi connectivity index (χ0n) is 14.3. The van der Waals surface area contributed by atoms with Crippen molar-refractivity contribution < 1.29 is 0 Å². The minimum absolute atomic E-state index is 0.741. The van der Waals surface area contributed by atoms with Gasteiger partial charge in [0.1, 0.15) is 0 Å². The smallest absolute Gasteiger partial charge is 0.191 e. The standard InChI is InChI=1S/C19H18BrClN4S/c1-2-5-18-23-24-19(26-13-14-8-10-16(21)11-9-14)25(18)22-12-15-6-3-4-7-17(15)20/h3-4,6-12H,2,5,13H2,1H3/b22-12+. The van der Waals surface area contributed by atoms with Gasteiger partial charge in [-0.15, -0.1) is 10.2 Å². The number of aryl methyl sites for hydroxylation is 1. The summed E-state index contributed by atoms with van der Waals surface area (Å²) in [7, 11) is 0. The second kappa shape index (κ2) is 9.35. The highest BCUT2D eigenvalue weighted by Gasteiger charge is 2.11. The topological polar surface area (TPSA) is 43.1 Å². The van der Waals surface area contributed by atoms with Crippen LogP contribution in [0.15, 0.2) is 63.3 Å². The van der Waals surface area contributed by atoms with Crippen molar-refractivity contribution in [2.75, 3.05) is 0 Å². The van der Waals surface area contributed by atoms with Gasteiger partial charge in [-0.2, -0.15) is 9.78 Å². The van der Waals surface area contributed by atoms with Crippen LogP contribution in [0.4, 0.5) is 0 Å². The zero-order chi connectivity index (χ0) is 18.4. The highest BCUT2D eigenvalue weighted by atomic mass is 79.9. The second-order valence-electron chi connectivity index (χ2n) is 5.64. The fourth-order valence-electron chi connectivity index (χ4n) is 2.31. The van der Waals surface area contributed by atoms with Crippen molar-refractivity contribution in [1.82, 2.24) is 14.9 Å². The molecule has 0 bridgehead atoms. The number of hydrogen-bond acceptors (Lipinski definition) is 4. The maximum atomic E-state index is 5.95. The summed E-state index contributed by atoms with van der Waals surface area (Å²) in [5.41, 5.74) is 2.19. The van der Waals surface area contributed by atoms with Crippen LogP contribution in [-0.4, -0.2) is 21.1 Å². The first kappa shape index (κ1) is 19.1. The monoisotopic (exact) mass is 448 g/mol. The number of thioether (sulfide) groups is 1. The van der Waals surface area contributed by atoms with Crippen molar-refractivity contribution in [1.29, 1.82) is 0 Å². The molecule has 0 aliphatic heterocycles. The number of hydrogen-bond donors (Lipinski definition) is 0. The first-order valence-corrected chi connectivity index (χ1v) is 10.4. The lowest BCUT2D eigenvalue weighted by atomic mass is 10.2. The Morgan fingerprint density at radius 1 is 1.15 bits per heavy atom. The van der Waals surface area contributed by atoms with Crippen LogP contribution >= 0.6 is 39.3 Å². The molecule has 0 N–H and O–H groups in total. The largest absolute Gasteiger partial charge is 0.212 e. The molecule has 0 aliphatic rings. The molecule has 7 heteroatoms. The third-order valence-corrected chi connectivity index (χ3v) is 5.61. The van der Waals surface area contributed by atoms with Gasteiger partial charge in [-0.25, -0.2) is 0 Å². The van der Waals surface area contributed by atoms with Crippen molar-refractivity contribution in [3.63, 3.8) is 0 Å². The molecule has 26 heavy (non-hydrogen) atoms. The van der Waals surface area contributed by atoms with Crippen LogP contribution < -0.4 is 0 Å². The van der Waals surface area contributed by atoms with Gasteiger partial charge in [0.15, 0.2) is 5.82 Å². The van der Waals surface area contributed by atoms with Crippen molar-refractivity contribution >= 4 is 45.5 Å². The van der Waals surface area contributed by atoms with Crippen molar-refractivity contribution in [3.8, 4) is 0 Å². The quantitative estimate of drug-likeness (QED) is 0.337. The van der Waals surface area contributed by atoms with E-state index in [4.69, 9.17) is 11.6 Å². The van der Waals surface area contributed by atoms with Gasteiger partial charge in [-0.1, -0.05) is 76.5 Å². The van der Waals surface area contributed by atoms with E-state index in [1.54, 1.807) is 11.8 Å². The maximum Gasteiger partial charge on any atom is 0.212 e. The summed E-state index contributed by atoms with van der Waals surface area (Å²) < 4.78 is 2.84. The highest BCUT2D eigenvalue weighted by Crippen LogP contribution is 2.23. The molecule has 0 atom stereocenters. The molecule has 0 aliphatic carbocycles. The Morgan fingerprint density at radius 3 is 2.65 bits per heavy atom. The molecule has 0 saturated carbocycles. The van der Waals surface area contributed by atoms with Crippen molar-refractivity contribution in [3.05, 3.63) is 75.0 Å². The molecule has 4 nitrogen and oxygen atoms in total. The first-order chi connectivity index (χ1) is 12.7. The van der Waals surface area contributed by atoms with Crippen LogP contribution in [0.2, 0.25) is 5.02 Å². The molecule has 0 spiro atoms. The molecule has 0 unspecified atom stereocenters. The molecule has 0 amide bonds. The average molecular weight is 450 g/mol. The van der Waals surface area contributed by atoms with E-state index in [1.807, 2.05) is 59.4 Å². The Hall–Kier alpha value is -1.63. The molecule has 3 rings (SSSR count). The average Bonchev–Trinajstić information content (AvgIpc) is 3.03. The van der Waals surface area contributed by atoms with Crippen LogP contribution in [0.3, 0.4) is 0 Å². The molecule has 0 saturated heterocycles. The van der Waals surface area contributed by atoms with E-state index in [-0.39, 0.29) is 0 Å². The van der Waals surface area contributed by atoms with Crippen LogP contribution in [0.25, 0.3) is 0 Å². The van der Waals surface area contributed by atoms with Gasteiger partial charge in [0.25, 0.3) is 0 Å². The van der Waals surface area contributed by atoms with Crippen LogP contribution in [0.5, 0.6) is 0 Å². The Morgan fingerprint density at radius 2 is 1.92 bits per heavy atom. The molecule has 134 valence electrons. The molecule has 0 fully saturated rings. The van der Waals surface area contributed by atoms with Gasteiger partial charge in [-0.3, -0.25) is 0 Å². The summed E-state index contributed by atoms with van der Waals surface area (Å²) in [6, 6.07) is 15.8. The summed E-state index contributed by atoms with van der Waals surface area (Å²) in [5, 5.41) is 14.8. The van der Waals surface area contributed by atoms with E-state index in [9.17, 15) is 0 Å².